The number of hydrogen-bond donors (Lipinski definition) is 0. The normalized spacial score (nSPS) is 18.8. The number of alkyl halides is 1. The van der Waals surface area contributed by atoms with Gasteiger partial charge in [0.15, 0.2) is 0 Å². The molecule has 0 spiro atoms. The Morgan fingerprint density at radius 3 is 2.74 bits per heavy atom. The van der Waals surface area contributed by atoms with Crippen LogP contribution in [0.15, 0.2) is 6.07 Å². The fraction of sp³-hybridized carbons (Fsp3) is 0.667. The van der Waals surface area contributed by atoms with Crippen molar-refractivity contribution in [1.29, 1.82) is 0 Å². The number of aryl methyl sites for hydroxylation is 2. The van der Waals surface area contributed by atoms with Crippen molar-refractivity contribution in [1.82, 2.24) is 4.90 Å². The molecule has 104 valence electrons. The monoisotopic (exact) mass is 297 g/mol. The largest absolute Gasteiger partial charge is 0.334 e. The molecule has 4 heteroatoms. The van der Waals surface area contributed by atoms with Gasteiger partial charge in [-0.05, 0) is 56.6 Å². The van der Waals surface area contributed by atoms with Crippen LogP contribution in [0.5, 0.6) is 0 Å². The van der Waals surface area contributed by atoms with Gasteiger partial charge >= 0.3 is 0 Å². The van der Waals surface area contributed by atoms with E-state index in [0.29, 0.717) is 18.5 Å². The summed E-state index contributed by atoms with van der Waals surface area (Å²) in [6, 6.07) is 2.58. The molecule has 0 bridgehead atoms. The van der Waals surface area contributed by atoms with Crippen molar-refractivity contribution in [2.75, 3.05) is 12.4 Å². The first-order valence-electron chi connectivity index (χ1n) is 7.28. The summed E-state index contributed by atoms with van der Waals surface area (Å²) in [7, 11) is 0. The van der Waals surface area contributed by atoms with E-state index in [9.17, 15) is 4.79 Å². The van der Waals surface area contributed by atoms with Crippen molar-refractivity contribution in [2.24, 2.45) is 0 Å². The summed E-state index contributed by atoms with van der Waals surface area (Å²) in [6.45, 7) is 0.688. The lowest BCUT2D eigenvalue weighted by atomic mass is 9.91. The highest BCUT2D eigenvalue weighted by Crippen LogP contribution is 2.32. The molecule has 1 amide bonds. The Morgan fingerprint density at radius 2 is 2.11 bits per heavy atom. The molecule has 0 radical (unpaired) electrons. The van der Waals surface area contributed by atoms with Crippen LogP contribution in [0.25, 0.3) is 0 Å². The zero-order chi connectivity index (χ0) is 13.2. The average Bonchev–Trinajstić information content (AvgIpc) is 2.79. The quantitative estimate of drug-likeness (QED) is 0.773. The third-order valence-electron chi connectivity index (χ3n) is 4.31. The minimum atomic E-state index is 0.213. The second kappa shape index (κ2) is 5.84. The maximum atomic E-state index is 12.7. The highest BCUT2D eigenvalue weighted by Gasteiger charge is 2.30. The van der Waals surface area contributed by atoms with Gasteiger partial charge in [-0.1, -0.05) is 0 Å². The van der Waals surface area contributed by atoms with Crippen molar-refractivity contribution in [2.45, 2.75) is 51.0 Å². The summed E-state index contributed by atoms with van der Waals surface area (Å²) in [6.07, 6.45) is 8.39. The molecule has 1 heterocycles. The molecule has 2 aliphatic rings. The lowest BCUT2D eigenvalue weighted by Gasteiger charge is -2.37. The van der Waals surface area contributed by atoms with Gasteiger partial charge in [-0.15, -0.1) is 22.9 Å². The highest BCUT2D eigenvalue weighted by atomic mass is 35.5. The molecule has 0 aromatic carbocycles. The van der Waals surface area contributed by atoms with Crippen LogP contribution >= 0.6 is 22.9 Å². The molecule has 0 unspecified atom stereocenters. The Balaban J connectivity index is 1.78. The maximum Gasteiger partial charge on any atom is 0.264 e. The first kappa shape index (κ1) is 13.4. The maximum absolute atomic E-state index is 12.7. The summed E-state index contributed by atoms with van der Waals surface area (Å²) in [5, 5.41) is 0. The van der Waals surface area contributed by atoms with Crippen LogP contribution < -0.4 is 0 Å². The van der Waals surface area contributed by atoms with Crippen molar-refractivity contribution in [3.05, 3.63) is 21.4 Å². The van der Waals surface area contributed by atoms with E-state index in [1.165, 1.54) is 29.7 Å². The molecule has 1 fully saturated rings. The van der Waals surface area contributed by atoms with E-state index in [0.717, 1.165) is 30.6 Å². The van der Waals surface area contributed by atoms with Crippen LogP contribution in [0.1, 0.15) is 52.2 Å². The predicted octanol–water partition coefficient (Wildman–Crippen LogP) is 3.86. The smallest absolute Gasteiger partial charge is 0.264 e. The minimum absolute atomic E-state index is 0.213. The van der Waals surface area contributed by atoms with Gasteiger partial charge in [-0.2, -0.15) is 0 Å². The third-order valence-corrected chi connectivity index (χ3v) is 5.70. The number of carbonyl (C=O) groups excluding carboxylic acids is 1. The number of carbonyl (C=O) groups is 1. The molecule has 0 aliphatic heterocycles. The number of hydrogen-bond acceptors (Lipinski definition) is 2. The Hall–Kier alpha value is -0.540. The number of nitrogens with zero attached hydrogens (tertiary/aromatic N) is 1. The summed E-state index contributed by atoms with van der Waals surface area (Å²) >= 11 is 7.58. The molecule has 3 rings (SSSR count). The first-order chi connectivity index (χ1) is 9.29. The third kappa shape index (κ3) is 2.68. The number of amides is 1. The second-order valence-electron chi connectivity index (χ2n) is 5.54. The van der Waals surface area contributed by atoms with Crippen molar-refractivity contribution in [3.8, 4) is 0 Å². The van der Waals surface area contributed by atoms with Gasteiger partial charge in [0.1, 0.15) is 0 Å². The predicted molar refractivity (Wildman–Crippen MR) is 80.4 cm³/mol. The van der Waals surface area contributed by atoms with Crippen LogP contribution in [0, 0.1) is 0 Å². The number of thiophene rings is 1. The Labute approximate surface area is 123 Å². The van der Waals surface area contributed by atoms with Crippen molar-refractivity contribution < 1.29 is 4.79 Å². The van der Waals surface area contributed by atoms with Gasteiger partial charge in [0.2, 0.25) is 0 Å². The first-order valence-corrected chi connectivity index (χ1v) is 8.63. The number of fused-ring (bicyclic) bond motifs is 1. The number of halogens is 1. The van der Waals surface area contributed by atoms with E-state index in [1.807, 2.05) is 4.90 Å². The van der Waals surface area contributed by atoms with E-state index in [2.05, 4.69) is 6.07 Å². The molecule has 0 N–H and O–H groups in total. The molecule has 1 aromatic rings. The molecule has 2 nitrogen and oxygen atoms in total. The van der Waals surface area contributed by atoms with Gasteiger partial charge in [0.25, 0.3) is 5.91 Å². The SMILES string of the molecule is O=C(c1cc2c(s1)CCCC2)N(CCCl)C1CCC1. The van der Waals surface area contributed by atoms with Crippen molar-refractivity contribution in [3.63, 3.8) is 0 Å². The summed E-state index contributed by atoms with van der Waals surface area (Å²) in [5.41, 5.74) is 1.42. The van der Waals surface area contributed by atoms with Crippen molar-refractivity contribution >= 4 is 28.8 Å². The van der Waals surface area contributed by atoms with Crippen LogP contribution in [0.3, 0.4) is 0 Å². The molecule has 19 heavy (non-hydrogen) atoms. The van der Waals surface area contributed by atoms with Crippen LogP contribution in [-0.2, 0) is 12.8 Å². The average molecular weight is 298 g/mol. The highest BCUT2D eigenvalue weighted by molar-refractivity contribution is 7.14. The molecule has 0 atom stereocenters. The van der Waals surface area contributed by atoms with Gasteiger partial charge in [-0.25, -0.2) is 0 Å². The molecular weight excluding hydrogens is 278 g/mol. The lowest BCUT2D eigenvalue weighted by Crippen LogP contribution is -2.45. The van der Waals surface area contributed by atoms with E-state index in [-0.39, 0.29) is 5.91 Å². The van der Waals surface area contributed by atoms with Gasteiger partial charge < -0.3 is 4.90 Å². The summed E-state index contributed by atoms with van der Waals surface area (Å²) < 4.78 is 0. The second-order valence-corrected chi connectivity index (χ2v) is 7.05. The van der Waals surface area contributed by atoms with Gasteiger partial charge in [-0.3, -0.25) is 4.79 Å². The standard InChI is InChI=1S/C15H20ClNOS/c16-8-9-17(12-5-3-6-12)15(18)14-10-11-4-1-2-7-13(11)19-14/h10,12H,1-9H2. The topological polar surface area (TPSA) is 20.3 Å². The summed E-state index contributed by atoms with van der Waals surface area (Å²) in [5.74, 6) is 0.748. The zero-order valence-corrected chi connectivity index (χ0v) is 12.7. The lowest BCUT2D eigenvalue weighted by molar-refractivity contribution is 0.0603. The van der Waals surface area contributed by atoms with E-state index >= 15 is 0 Å². The molecule has 0 saturated heterocycles. The molecule has 2 aliphatic carbocycles. The molecular formula is C15H20ClNOS. The van der Waals surface area contributed by atoms with E-state index < -0.39 is 0 Å². The fourth-order valence-corrected chi connectivity index (χ4v) is 4.37. The molecule has 1 aromatic heterocycles. The zero-order valence-electron chi connectivity index (χ0n) is 11.2. The Kier molecular flexibility index (Phi) is 4.13. The van der Waals surface area contributed by atoms with Gasteiger partial charge in [0, 0.05) is 23.3 Å². The minimum Gasteiger partial charge on any atom is -0.334 e. The van der Waals surface area contributed by atoms with Crippen LogP contribution in [0.2, 0.25) is 0 Å². The number of rotatable bonds is 4. The Morgan fingerprint density at radius 1 is 1.32 bits per heavy atom. The van der Waals surface area contributed by atoms with Crippen LogP contribution in [-0.4, -0.2) is 29.3 Å². The van der Waals surface area contributed by atoms with E-state index in [4.69, 9.17) is 11.6 Å². The fourth-order valence-electron chi connectivity index (χ4n) is 2.98. The summed E-state index contributed by atoms with van der Waals surface area (Å²) in [4.78, 5) is 17.0. The van der Waals surface area contributed by atoms with Gasteiger partial charge in [0.05, 0.1) is 4.88 Å². The van der Waals surface area contributed by atoms with Crippen LogP contribution in [0.4, 0.5) is 0 Å². The Bertz CT molecular complexity index is 443. The van der Waals surface area contributed by atoms with E-state index in [1.54, 1.807) is 11.3 Å². The molecule has 1 saturated carbocycles.